The van der Waals surface area contributed by atoms with Crippen LogP contribution in [0.4, 0.5) is 5.69 Å². The molecule has 0 radical (unpaired) electrons. The summed E-state index contributed by atoms with van der Waals surface area (Å²) in [5, 5.41) is 3.70. The molecule has 1 aromatic heterocycles. The molecule has 26 heavy (non-hydrogen) atoms. The van der Waals surface area contributed by atoms with Crippen molar-refractivity contribution < 1.29 is 14.3 Å². The van der Waals surface area contributed by atoms with E-state index in [0.29, 0.717) is 27.0 Å². The molecule has 1 N–H and O–H groups in total. The molecule has 3 aromatic rings. The number of carbonyl (C=O) groups is 2. The van der Waals surface area contributed by atoms with Gasteiger partial charge in [-0.1, -0.05) is 23.2 Å². The highest BCUT2D eigenvalue weighted by molar-refractivity contribution is 6.31. The molecule has 0 aliphatic heterocycles. The van der Waals surface area contributed by atoms with E-state index in [2.05, 4.69) is 10.3 Å². The van der Waals surface area contributed by atoms with Crippen molar-refractivity contribution in [1.29, 1.82) is 0 Å². The molecule has 0 saturated heterocycles. The van der Waals surface area contributed by atoms with Gasteiger partial charge in [0.2, 0.25) is 0 Å². The number of pyridine rings is 1. The smallest absolute Gasteiger partial charge is 0.362 e. The molecule has 5 nitrogen and oxygen atoms in total. The van der Waals surface area contributed by atoms with Crippen molar-refractivity contribution in [3.8, 4) is 5.75 Å². The molecule has 0 aliphatic rings. The van der Waals surface area contributed by atoms with E-state index >= 15 is 0 Å². The molecule has 0 spiro atoms. The highest BCUT2D eigenvalue weighted by Gasteiger charge is 2.11. The first-order valence-corrected chi connectivity index (χ1v) is 8.27. The molecule has 1 heterocycles. The Bertz CT molecular complexity index is 942. The van der Waals surface area contributed by atoms with Crippen LogP contribution in [-0.2, 0) is 0 Å². The van der Waals surface area contributed by atoms with Gasteiger partial charge in [0.05, 0.1) is 0 Å². The van der Waals surface area contributed by atoms with E-state index in [1.807, 2.05) is 0 Å². The van der Waals surface area contributed by atoms with Crippen LogP contribution in [0.3, 0.4) is 0 Å². The lowest BCUT2D eigenvalue weighted by molar-refractivity contribution is 0.0728. The van der Waals surface area contributed by atoms with E-state index in [-0.39, 0.29) is 11.6 Å². The van der Waals surface area contributed by atoms with Crippen LogP contribution in [0.1, 0.15) is 20.8 Å². The summed E-state index contributed by atoms with van der Waals surface area (Å²) in [5.74, 6) is -0.568. The van der Waals surface area contributed by atoms with Crippen molar-refractivity contribution in [2.24, 2.45) is 0 Å². The fourth-order valence-corrected chi connectivity index (χ4v) is 2.37. The molecule has 0 bridgehead atoms. The van der Waals surface area contributed by atoms with Gasteiger partial charge in [-0.15, -0.1) is 0 Å². The van der Waals surface area contributed by atoms with Crippen LogP contribution in [0.2, 0.25) is 10.0 Å². The molecule has 0 fully saturated rings. The highest BCUT2D eigenvalue weighted by atomic mass is 35.5. The zero-order chi connectivity index (χ0) is 18.5. The molecule has 0 aliphatic carbocycles. The van der Waals surface area contributed by atoms with Crippen molar-refractivity contribution in [3.63, 3.8) is 0 Å². The number of anilines is 1. The standard InChI is InChI=1S/C19H12Cl2N2O3/c20-13-3-1-12(2-4-13)18(24)23-15-5-7-16(8-6-15)26-19(25)17-11-14(21)9-10-22-17/h1-11H,(H,23,24). The Balaban J connectivity index is 1.64. The van der Waals surface area contributed by atoms with Gasteiger partial charge in [-0.3, -0.25) is 4.79 Å². The topological polar surface area (TPSA) is 68.3 Å². The zero-order valence-corrected chi connectivity index (χ0v) is 14.8. The number of esters is 1. The predicted molar refractivity (Wildman–Crippen MR) is 100 cm³/mol. The van der Waals surface area contributed by atoms with Gasteiger partial charge in [-0.05, 0) is 60.7 Å². The summed E-state index contributed by atoms with van der Waals surface area (Å²) in [7, 11) is 0. The lowest BCUT2D eigenvalue weighted by atomic mass is 10.2. The Morgan fingerprint density at radius 2 is 1.58 bits per heavy atom. The minimum atomic E-state index is -0.620. The number of amides is 1. The van der Waals surface area contributed by atoms with Gasteiger partial charge in [0.15, 0.2) is 0 Å². The summed E-state index contributed by atoms with van der Waals surface area (Å²) in [6, 6.07) is 15.9. The second-order valence-electron chi connectivity index (χ2n) is 5.23. The van der Waals surface area contributed by atoms with Gasteiger partial charge in [0, 0.05) is 27.5 Å². The molecule has 0 atom stereocenters. The SMILES string of the molecule is O=C(Nc1ccc(OC(=O)c2cc(Cl)ccn2)cc1)c1ccc(Cl)cc1. The molecule has 0 unspecified atom stereocenters. The maximum absolute atomic E-state index is 12.1. The molecule has 0 saturated carbocycles. The van der Waals surface area contributed by atoms with Crippen molar-refractivity contribution in [2.75, 3.05) is 5.32 Å². The summed E-state index contributed by atoms with van der Waals surface area (Å²) >= 11 is 11.6. The van der Waals surface area contributed by atoms with Gasteiger partial charge in [0.25, 0.3) is 5.91 Å². The number of benzene rings is 2. The number of ether oxygens (including phenoxy) is 1. The van der Waals surface area contributed by atoms with Crippen LogP contribution in [0.5, 0.6) is 5.75 Å². The lowest BCUT2D eigenvalue weighted by Gasteiger charge is -2.07. The molecule has 130 valence electrons. The third-order valence-corrected chi connectivity index (χ3v) is 3.85. The average molecular weight is 387 g/mol. The van der Waals surface area contributed by atoms with E-state index in [1.54, 1.807) is 54.6 Å². The third-order valence-electron chi connectivity index (χ3n) is 3.36. The second kappa shape index (κ2) is 7.99. The number of carbonyl (C=O) groups excluding carboxylic acids is 2. The van der Waals surface area contributed by atoms with Crippen LogP contribution in [0, 0.1) is 0 Å². The van der Waals surface area contributed by atoms with Gasteiger partial charge >= 0.3 is 5.97 Å². The Kier molecular flexibility index (Phi) is 5.51. The van der Waals surface area contributed by atoms with E-state index in [4.69, 9.17) is 27.9 Å². The third kappa shape index (κ3) is 4.59. The first kappa shape index (κ1) is 17.9. The Morgan fingerprint density at radius 3 is 2.23 bits per heavy atom. The molecule has 3 rings (SSSR count). The Morgan fingerprint density at radius 1 is 0.885 bits per heavy atom. The predicted octanol–water partition coefficient (Wildman–Crippen LogP) is 4.86. The molecule has 1 amide bonds. The van der Waals surface area contributed by atoms with E-state index in [1.165, 1.54) is 12.3 Å². The zero-order valence-electron chi connectivity index (χ0n) is 13.3. The average Bonchev–Trinajstić information content (AvgIpc) is 2.64. The van der Waals surface area contributed by atoms with Crippen LogP contribution in [0.15, 0.2) is 66.9 Å². The maximum Gasteiger partial charge on any atom is 0.362 e. The van der Waals surface area contributed by atoms with Gasteiger partial charge in [-0.25, -0.2) is 9.78 Å². The summed E-state index contributed by atoms with van der Waals surface area (Å²) in [4.78, 5) is 28.1. The van der Waals surface area contributed by atoms with Crippen LogP contribution in [-0.4, -0.2) is 16.9 Å². The number of aromatic nitrogens is 1. The number of nitrogens with one attached hydrogen (secondary N) is 1. The number of halogens is 2. The van der Waals surface area contributed by atoms with Crippen LogP contribution < -0.4 is 10.1 Å². The Labute approximate surface area is 159 Å². The van der Waals surface area contributed by atoms with Crippen molar-refractivity contribution in [2.45, 2.75) is 0 Å². The fraction of sp³-hybridized carbons (Fsp3) is 0. The quantitative estimate of drug-likeness (QED) is 0.513. The van der Waals surface area contributed by atoms with E-state index < -0.39 is 5.97 Å². The van der Waals surface area contributed by atoms with Crippen LogP contribution >= 0.6 is 23.2 Å². The Hall–Kier alpha value is -2.89. The highest BCUT2D eigenvalue weighted by Crippen LogP contribution is 2.19. The summed E-state index contributed by atoms with van der Waals surface area (Å²) in [6.07, 6.45) is 1.42. The van der Waals surface area contributed by atoms with E-state index in [0.717, 1.165) is 0 Å². The van der Waals surface area contributed by atoms with E-state index in [9.17, 15) is 9.59 Å². The normalized spacial score (nSPS) is 10.2. The molecule has 7 heteroatoms. The number of hydrogen-bond acceptors (Lipinski definition) is 4. The van der Waals surface area contributed by atoms with Crippen molar-refractivity contribution >= 4 is 40.8 Å². The van der Waals surface area contributed by atoms with Crippen molar-refractivity contribution in [3.05, 3.63) is 88.2 Å². The number of nitrogens with zero attached hydrogens (tertiary/aromatic N) is 1. The maximum atomic E-state index is 12.1. The lowest BCUT2D eigenvalue weighted by Crippen LogP contribution is -2.12. The largest absolute Gasteiger partial charge is 0.422 e. The van der Waals surface area contributed by atoms with Gasteiger partial charge < -0.3 is 10.1 Å². The van der Waals surface area contributed by atoms with Crippen molar-refractivity contribution in [1.82, 2.24) is 4.98 Å². The van der Waals surface area contributed by atoms with Gasteiger partial charge in [0.1, 0.15) is 11.4 Å². The van der Waals surface area contributed by atoms with Crippen LogP contribution in [0.25, 0.3) is 0 Å². The minimum Gasteiger partial charge on any atom is -0.422 e. The number of hydrogen-bond donors (Lipinski definition) is 1. The first-order chi connectivity index (χ1) is 12.5. The molecule has 2 aromatic carbocycles. The minimum absolute atomic E-state index is 0.109. The fourth-order valence-electron chi connectivity index (χ4n) is 2.09. The summed E-state index contributed by atoms with van der Waals surface area (Å²) in [5.41, 5.74) is 1.15. The monoisotopic (exact) mass is 386 g/mol. The van der Waals surface area contributed by atoms with Gasteiger partial charge in [-0.2, -0.15) is 0 Å². The summed E-state index contributed by atoms with van der Waals surface area (Å²) < 4.78 is 5.23. The first-order valence-electron chi connectivity index (χ1n) is 7.52. The number of rotatable bonds is 4. The molecular weight excluding hydrogens is 375 g/mol. The summed E-state index contributed by atoms with van der Waals surface area (Å²) in [6.45, 7) is 0. The second-order valence-corrected chi connectivity index (χ2v) is 6.11. The molecular formula is C19H12Cl2N2O3.